The van der Waals surface area contributed by atoms with Crippen molar-refractivity contribution in [2.24, 2.45) is 17.1 Å². The molecule has 1 saturated heterocycles. The summed E-state index contributed by atoms with van der Waals surface area (Å²) in [4.78, 5) is 13.6. The Hall–Kier alpha value is -1.08. The molecular formula is C13H23N3O. The molecule has 2 N–H and O–H groups in total. The first-order chi connectivity index (χ1) is 7.83. The summed E-state index contributed by atoms with van der Waals surface area (Å²) in [6.07, 6.45) is 2.48. The molecule has 4 heteroatoms. The van der Waals surface area contributed by atoms with E-state index in [-0.39, 0.29) is 23.3 Å². The standard InChI is InChI=1S/C13H23N3O/c1-13(2,3)5-7-16-6-4-10(9-14)8-11(16)12(15)17/h10-11H,4-8H2,1-3H3,(H2,15,17). The molecule has 1 heterocycles. The second-order valence-electron chi connectivity index (χ2n) is 6.12. The predicted octanol–water partition coefficient (Wildman–Crippen LogP) is 1.51. The third-order valence-corrected chi connectivity index (χ3v) is 3.37. The first-order valence-electron chi connectivity index (χ1n) is 6.26. The summed E-state index contributed by atoms with van der Waals surface area (Å²) in [6, 6.07) is 1.99. The van der Waals surface area contributed by atoms with Crippen molar-refractivity contribution in [3.05, 3.63) is 0 Å². The van der Waals surface area contributed by atoms with Crippen LogP contribution in [0.4, 0.5) is 0 Å². The van der Waals surface area contributed by atoms with Gasteiger partial charge >= 0.3 is 0 Å². The maximum atomic E-state index is 11.4. The smallest absolute Gasteiger partial charge is 0.234 e. The minimum absolute atomic E-state index is 0.0154. The molecule has 1 aliphatic rings. The third-order valence-electron chi connectivity index (χ3n) is 3.37. The van der Waals surface area contributed by atoms with Gasteiger partial charge in [0.05, 0.1) is 12.1 Å². The van der Waals surface area contributed by atoms with Crippen LogP contribution in [-0.2, 0) is 4.79 Å². The molecule has 2 unspecified atom stereocenters. The summed E-state index contributed by atoms with van der Waals surface area (Å²) >= 11 is 0. The Morgan fingerprint density at radius 3 is 2.65 bits per heavy atom. The summed E-state index contributed by atoms with van der Waals surface area (Å²) in [6.45, 7) is 8.26. The van der Waals surface area contributed by atoms with Crippen LogP contribution >= 0.6 is 0 Å². The van der Waals surface area contributed by atoms with Gasteiger partial charge in [0.1, 0.15) is 0 Å². The number of nitrogens with two attached hydrogens (primary N) is 1. The lowest BCUT2D eigenvalue weighted by Crippen LogP contribution is -2.50. The Kier molecular flexibility index (Phi) is 4.53. The highest BCUT2D eigenvalue weighted by molar-refractivity contribution is 5.80. The Bertz CT molecular complexity index is 314. The summed E-state index contributed by atoms with van der Waals surface area (Å²) in [5, 5.41) is 8.92. The van der Waals surface area contributed by atoms with Gasteiger partial charge in [-0.1, -0.05) is 20.8 Å². The second-order valence-corrected chi connectivity index (χ2v) is 6.12. The van der Waals surface area contributed by atoms with Gasteiger partial charge in [-0.2, -0.15) is 5.26 Å². The number of hydrogen-bond acceptors (Lipinski definition) is 3. The van der Waals surface area contributed by atoms with Crippen molar-refractivity contribution in [3.63, 3.8) is 0 Å². The first-order valence-corrected chi connectivity index (χ1v) is 6.26. The second kappa shape index (κ2) is 5.50. The number of hydrogen-bond donors (Lipinski definition) is 1. The molecule has 1 fully saturated rings. The van der Waals surface area contributed by atoms with E-state index in [9.17, 15) is 4.79 Å². The fourth-order valence-electron chi connectivity index (χ4n) is 2.17. The minimum atomic E-state index is -0.293. The largest absolute Gasteiger partial charge is 0.368 e. The van der Waals surface area contributed by atoms with E-state index < -0.39 is 0 Å². The van der Waals surface area contributed by atoms with Gasteiger partial charge in [-0.3, -0.25) is 9.69 Å². The highest BCUT2D eigenvalue weighted by Crippen LogP contribution is 2.25. The summed E-state index contributed by atoms with van der Waals surface area (Å²) < 4.78 is 0. The Morgan fingerprint density at radius 2 is 2.18 bits per heavy atom. The molecule has 0 aliphatic carbocycles. The van der Waals surface area contributed by atoms with Gasteiger partial charge < -0.3 is 5.73 Å². The van der Waals surface area contributed by atoms with Crippen LogP contribution in [0.25, 0.3) is 0 Å². The van der Waals surface area contributed by atoms with Crippen LogP contribution in [0.2, 0.25) is 0 Å². The number of primary amides is 1. The number of carbonyl (C=O) groups is 1. The van der Waals surface area contributed by atoms with E-state index in [0.717, 1.165) is 25.9 Å². The molecule has 4 nitrogen and oxygen atoms in total. The normalized spacial score (nSPS) is 26.5. The van der Waals surface area contributed by atoms with Crippen LogP contribution in [-0.4, -0.2) is 29.9 Å². The monoisotopic (exact) mass is 237 g/mol. The molecule has 0 aromatic rings. The Labute approximate surface area is 104 Å². The fraction of sp³-hybridized carbons (Fsp3) is 0.846. The number of likely N-dealkylation sites (tertiary alicyclic amines) is 1. The van der Waals surface area contributed by atoms with Crippen LogP contribution in [0.5, 0.6) is 0 Å². The Morgan fingerprint density at radius 1 is 1.53 bits per heavy atom. The average Bonchev–Trinajstić information content (AvgIpc) is 2.25. The fourth-order valence-corrected chi connectivity index (χ4v) is 2.17. The maximum absolute atomic E-state index is 11.4. The van der Waals surface area contributed by atoms with Crippen LogP contribution in [0.1, 0.15) is 40.0 Å². The van der Waals surface area contributed by atoms with Crippen molar-refractivity contribution in [2.45, 2.75) is 46.1 Å². The lowest BCUT2D eigenvalue weighted by atomic mass is 9.88. The SMILES string of the molecule is CC(C)(C)CCN1CCC(C#N)CC1C(N)=O. The summed E-state index contributed by atoms with van der Waals surface area (Å²) in [5.74, 6) is -0.308. The number of amides is 1. The third kappa shape index (κ3) is 4.35. The van der Waals surface area contributed by atoms with Gasteiger partial charge in [0, 0.05) is 12.5 Å². The molecule has 96 valence electrons. The molecule has 1 rings (SSSR count). The zero-order valence-electron chi connectivity index (χ0n) is 11.1. The van der Waals surface area contributed by atoms with E-state index in [1.165, 1.54) is 0 Å². The molecule has 0 aromatic heterocycles. The highest BCUT2D eigenvalue weighted by atomic mass is 16.1. The molecular weight excluding hydrogens is 214 g/mol. The number of carbonyl (C=O) groups excluding carboxylic acids is 1. The van der Waals surface area contributed by atoms with Crippen molar-refractivity contribution in [1.29, 1.82) is 5.26 Å². The molecule has 0 saturated carbocycles. The van der Waals surface area contributed by atoms with Gasteiger partial charge in [-0.15, -0.1) is 0 Å². The topological polar surface area (TPSA) is 70.1 Å². The van der Waals surface area contributed by atoms with Gasteiger partial charge in [0.15, 0.2) is 0 Å². The lowest BCUT2D eigenvalue weighted by molar-refractivity contribution is -0.125. The predicted molar refractivity (Wildman–Crippen MR) is 67.0 cm³/mol. The minimum Gasteiger partial charge on any atom is -0.368 e. The van der Waals surface area contributed by atoms with E-state index in [1.54, 1.807) is 0 Å². The van der Waals surface area contributed by atoms with E-state index in [1.807, 2.05) is 0 Å². The zero-order valence-corrected chi connectivity index (χ0v) is 11.1. The Balaban J connectivity index is 2.59. The van der Waals surface area contributed by atoms with Crippen LogP contribution in [0, 0.1) is 22.7 Å². The molecule has 1 aliphatic heterocycles. The number of nitriles is 1. The van der Waals surface area contributed by atoms with Crippen molar-refractivity contribution in [2.75, 3.05) is 13.1 Å². The van der Waals surface area contributed by atoms with Gasteiger partial charge in [-0.25, -0.2) is 0 Å². The van der Waals surface area contributed by atoms with Crippen molar-refractivity contribution in [3.8, 4) is 6.07 Å². The summed E-state index contributed by atoms with van der Waals surface area (Å²) in [5.41, 5.74) is 5.68. The first kappa shape index (κ1) is 14.0. The van der Waals surface area contributed by atoms with Crippen LogP contribution in [0.3, 0.4) is 0 Å². The zero-order chi connectivity index (χ0) is 13.1. The van der Waals surface area contributed by atoms with Crippen molar-refractivity contribution < 1.29 is 4.79 Å². The van der Waals surface area contributed by atoms with Gasteiger partial charge in [-0.05, 0) is 31.2 Å². The van der Waals surface area contributed by atoms with Crippen molar-refractivity contribution in [1.82, 2.24) is 4.90 Å². The van der Waals surface area contributed by atoms with E-state index in [0.29, 0.717) is 6.42 Å². The summed E-state index contributed by atoms with van der Waals surface area (Å²) in [7, 11) is 0. The quantitative estimate of drug-likeness (QED) is 0.809. The van der Waals surface area contributed by atoms with E-state index in [4.69, 9.17) is 11.0 Å². The molecule has 0 spiro atoms. The van der Waals surface area contributed by atoms with Gasteiger partial charge in [0.25, 0.3) is 0 Å². The lowest BCUT2D eigenvalue weighted by Gasteiger charge is -2.37. The molecule has 17 heavy (non-hydrogen) atoms. The van der Waals surface area contributed by atoms with E-state index >= 15 is 0 Å². The average molecular weight is 237 g/mol. The van der Waals surface area contributed by atoms with Crippen LogP contribution in [0.15, 0.2) is 0 Å². The van der Waals surface area contributed by atoms with Crippen LogP contribution < -0.4 is 5.73 Å². The molecule has 2 atom stereocenters. The molecule has 0 radical (unpaired) electrons. The van der Waals surface area contributed by atoms with Crippen molar-refractivity contribution >= 4 is 5.91 Å². The van der Waals surface area contributed by atoms with E-state index in [2.05, 4.69) is 31.7 Å². The number of nitrogens with zero attached hydrogens (tertiary/aromatic N) is 2. The maximum Gasteiger partial charge on any atom is 0.234 e. The molecule has 0 bridgehead atoms. The molecule has 0 aromatic carbocycles. The highest BCUT2D eigenvalue weighted by Gasteiger charge is 2.32. The number of rotatable bonds is 3. The molecule has 1 amide bonds. The number of piperidine rings is 1. The van der Waals surface area contributed by atoms with Gasteiger partial charge in [0.2, 0.25) is 5.91 Å².